The van der Waals surface area contributed by atoms with E-state index in [-0.39, 0.29) is 0 Å². The summed E-state index contributed by atoms with van der Waals surface area (Å²) in [6.45, 7) is 2.15. The molecule has 0 aromatic heterocycles. The highest BCUT2D eigenvalue weighted by atomic mass is 32.4. The van der Waals surface area contributed by atoms with Crippen molar-refractivity contribution in [2.24, 2.45) is 0 Å². The minimum atomic E-state index is 0.384. The summed E-state index contributed by atoms with van der Waals surface area (Å²) in [5.74, 6) is 0. The zero-order valence-electron chi connectivity index (χ0n) is 6.14. The van der Waals surface area contributed by atoms with Crippen LogP contribution in [0.1, 0.15) is 32.6 Å². The van der Waals surface area contributed by atoms with Crippen molar-refractivity contribution in [3.05, 3.63) is 0 Å². The average molecular weight is 162 g/mol. The van der Waals surface area contributed by atoms with Crippen molar-refractivity contribution in [1.29, 1.82) is 0 Å². The Hall–Kier alpha value is 0.237. The second kappa shape index (κ2) is 6.36. The molecule has 0 amide bonds. The summed E-state index contributed by atoms with van der Waals surface area (Å²) < 4.78 is 0. The summed E-state index contributed by atoms with van der Waals surface area (Å²) in [6, 6.07) is 0. The second-order valence-corrected chi connectivity index (χ2v) is 4.12. The topological polar surface area (TPSA) is 17.1 Å². The third-order valence-electron chi connectivity index (χ3n) is 1.21. The predicted molar refractivity (Wildman–Crippen MR) is 46.7 cm³/mol. The maximum Gasteiger partial charge on any atom is 0.182 e. The molecule has 0 aliphatic rings. The number of hydrogen-bond donors (Lipinski definition) is 0. The molecule has 1 nitrogen and oxygen atoms in total. The number of carbonyl (C=O) groups excluding carboxylic acids is 1. The number of hydrogen-bond acceptors (Lipinski definition) is 2. The molecule has 0 fully saturated rings. The van der Waals surface area contributed by atoms with Crippen LogP contribution in [0.2, 0.25) is 0 Å². The minimum Gasteiger partial charge on any atom is -0.288 e. The van der Waals surface area contributed by atoms with Gasteiger partial charge in [-0.3, -0.25) is 4.79 Å². The van der Waals surface area contributed by atoms with E-state index >= 15 is 0 Å². The van der Waals surface area contributed by atoms with Crippen molar-refractivity contribution >= 4 is 25.7 Å². The molecule has 0 spiro atoms. The lowest BCUT2D eigenvalue weighted by Crippen LogP contribution is -1.89. The molecule has 0 unspecified atom stereocenters. The molecule has 0 saturated carbocycles. The first kappa shape index (κ1) is 9.24. The molecular weight excluding hydrogens is 148 g/mol. The summed E-state index contributed by atoms with van der Waals surface area (Å²) in [7, 11) is 0.958. The van der Waals surface area contributed by atoms with E-state index in [0.29, 0.717) is 5.12 Å². The van der Waals surface area contributed by atoms with Crippen LogP contribution in [-0.2, 0) is 4.79 Å². The van der Waals surface area contributed by atoms with Gasteiger partial charge in [-0.15, -0.1) is 11.2 Å². The molecule has 0 rings (SSSR count). The zero-order valence-corrected chi connectivity index (χ0v) is 8.96. The standard InChI is InChI=1S/C6H14OSSi/c1-2-3-4-5-6(7)8-9/h2-5H2,1,9H3. The fourth-order valence-electron chi connectivity index (χ4n) is 0.621. The first-order valence-electron chi connectivity index (χ1n) is 3.38. The summed E-state index contributed by atoms with van der Waals surface area (Å²) in [4.78, 5) is 10.7. The van der Waals surface area contributed by atoms with E-state index in [1.165, 1.54) is 24.1 Å². The van der Waals surface area contributed by atoms with E-state index in [2.05, 4.69) is 6.92 Å². The van der Waals surface area contributed by atoms with Gasteiger partial charge in [-0.25, -0.2) is 0 Å². The maximum atomic E-state index is 10.7. The van der Waals surface area contributed by atoms with Crippen LogP contribution in [0.25, 0.3) is 0 Å². The van der Waals surface area contributed by atoms with Crippen molar-refractivity contribution < 1.29 is 4.79 Å². The van der Waals surface area contributed by atoms with E-state index < -0.39 is 0 Å². The molecule has 0 aliphatic carbocycles. The van der Waals surface area contributed by atoms with E-state index in [0.717, 1.165) is 22.2 Å². The number of rotatable bonds is 4. The molecule has 0 atom stereocenters. The molecule has 0 radical (unpaired) electrons. The van der Waals surface area contributed by atoms with Crippen LogP contribution in [0.4, 0.5) is 0 Å². The molecule has 0 aliphatic heterocycles. The van der Waals surface area contributed by atoms with Gasteiger partial charge in [0.1, 0.15) is 0 Å². The monoisotopic (exact) mass is 162 g/mol. The quantitative estimate of drug-likeness (QED) is 0.455. The lowest BCUT2D eigenvalue weighted by molar-refractivity contribution is -0.110. The number of carbonyl (C=O) groups is 1. The highest BCUT2D eigenvalue weighted by molar-refractivity contribution is 8.31. The lowest BCUT2D eigenvalue weighted by Gasteiger charge is -1.93. The number of unbranched alkanes of at least 4 members (excludes halogenated alkanes) is 2. The Kier molecular flexibility index (Phi) is 6.53. The Morgan fingerprint density at radius 3 is 2.67 bits per heavy atom. The van der Waals surface area contributed by atoms with Gasteiger partial charge < -0.3 is 0 Å². The van der Waals surface area contributed by atoms with E-state index in [1.54, 1.807) is 0 Å². The van der Waals surface area contributed by atoms with Gasteiger partial charge in [-0.2, -0.15) is 0 Å². The summed E-state index contributed by atoms with van der Waals surface area (Å²) in [5.41, 5.74) is 0. The van der Waals surface area contributed by atoms with E-state index in [1.807, 2.05) is 0 Å². The van der Waals surface area contributed by atoms with Crippen LogP contribution in [-0.4, -0.2) is 14.5 Å². The predicted octanol–water partition coefficient (Wildman–Crippen LogP) is 1.11. The van der Waals surface area contributed by atoms with Gasteiger partial charge in [0.15, 0.2) is 5.12 Å². The van der Waals surface area contributed by atoms with Crippen LogP contribution in [0, 0.1) is 0 Å². The minimum absolute atomic E-state index is 0.384. The lowest BCUT2D eigenvalue weighted by atomic mass is 10.2. The van der Waals surface area contributed by atoms with Gasteiger partial charge in [-0.05, 0) is 6.42 Å². The van der Waals surface area contributed by atoms with Crippen LogP contribution < -0.4 is 0 Å². The second-order valence-electron chi connectivity index (χ2n) is 2.03. The summed E-state index contributed by atoms with van der Waals surface area (Å²) in [6.07, 6.45) is 4.29. The van der Waals surface area contributed by atoms with Crippen molar-refractivity contribution in [3.8, 4) is 0 Å². The third kappa shape index (κ3) is 6.12. The van der Waals surface area contributed by atoms with Gasteiger partial charge in [0.05, 0.1) is 9.39 Å². The summed E-state index contributed by atoms with van der Waals surface area (Å²) in [5, 5.41) is 0.384. The van der Waals surface area contributed by atoms with Gasteiger partial charge in [0.25, 0.3) is 0 Å². The Morgan fingerprint density at radius 1 is 1.56 bits per heavy atom. The first-order chi connectivity index (χ1) is 4.31. The van der Waals surface area contributed by atoms with E-state index in [4.69, 9.17) is 0 Å². The highest BCUT2D eigenvalue weighted by Crippen LogP contribution is 2.05. The van der Waals surface area contributed by atoms with Crippen LogP contribution >= 0.6 is 11.2 Å². The highest BCUT2D eigenvalue weighted by Gasteiger charge is 1.95. The normalized spacial score (nSPS) is 9.89. The molecule has 0 saturated heterocycles. The molecule has 0 bridgehead atoms. The fraction of sp³-hybridized carbons (Fsp3) is 0.833. The molecule has 0 N–H and O–H groups in total. The average Bonchev–Trinajstić information content (AvgIpc) is 1.89. The molecule has 0 heterocycles. The van der Waals surface area contributed by atoms with E-state index in [9.17, 15) is 4.79 Å². The molecular formula is C6H14OSSi. The van der Waals surface area contributed by atoms with Crippen LogP contribution in [0.15, 0.2) is 0 Å². The Balaban J connectivity index is 2.97. The Morgan fingerprint density at radius 2 is 2.22 bits per heavy atom. The Bertz CT molecular complexity index is 85.1. The maximum absolute atomic E-state index is 10.7. The van der Waals surface area contributed by atoms with Gasteiger partial charge in [0, 0.05) is 6.42 Å². The molecule has 54 valence electrons. The van der Waals surface area contributed by atoms with Crippen molar-refractivity contribution in [2.45, 2.75) is 32.6 Å². The summed E-state index contributed by atoms with van der Waals surface area (Å²) >= 11 is 1.48. The van der Waals surface area contributed by atoms with Crippen molar-refractivity contribution in [1.82, 2.24) is 0 Å². The molecule has 9 heavy (non-hydrogen) atoms. The van der Waals surface area contributed by atoms with Crippen molar-refractivity contribution in [3.63, 3.8) is 0 Å². The van der Waals surface area contributed by atoms with Crippen molar-refractivity contribution in [2.75, 3.05) is 0 Å². The van der Waals surface area contributed by atoms with Crippen LogP contribution in [0.5, 0.6) is 0 Å². The van der Waals surface area contributed by atoms with Crippen LogP contribution in [0.3, 0.4) is 0 Å². The first-order valence-corrected chi connectivity index (χ1v) is 7.05. The SMILES string of the molecule is CCCCCC(=O)S[SiH3]. The molecule has 0 aromatic rings. The van der Waals surface area contributed by atoms with Gasteiger partial charge in [-0.1, -0.05) is 19.8 Å². The van der Waals surface area contributed by atoms with Gasteiger partial charge >= 0.3 is 0 Å². The smallest absolute Gasteiger partial charge is 0.182 e. The third-order valence-corrected chi connectivity index (χ3v) is 3.24. The molecule has 0 aromatic carbocycles. The largest absolute Gasteiger partial charge is 0.288 e. The Labute approximate surface area is 63.7 Å². The van der Waals surface area contributed by atoms with Gasteiger partial charge in [0.2, 0.25) is 0 Å². The molecule has 3 heteroatoms. The fourth-order valence-corrected chi connectivity index (χ4v) is 1.58. The zero-order chi connectivity index (χ0) is 7.11.